The van der Waals surface area contributed by atoms with Gasteiger partial charge in [0.2, 0.25) is 5.91 Å². The Balaban J connectivity index is 1.37. The van der Waals surface area contributed by atoms with Gasteiger partial charge in [-0.1, -0.05) is 23.7 Å². The van der Waals surface area contributed by atoms with Crippen LogP contribution in [0.1, 0.15) is 28.8 Å². The van der Waals surface area contributed by atoms with Gasteiger partial charge in [0.05, 0.1) is 13.2 Å². The third-order valence-corrected chi connectivity index (χ3v) is 5.17. The molecule has 1 aliphatic rings. The van der Waals surface area contributed by atoms with E-state index in [9.17, 15) is 9.59 Å². The van der Waals surface area contributed by atoms with Gasteiger partial charge in [0.15, 0.2) is 5.78 Å². The molecule has 0 atom stereocenters. The number of rotatable bonds is 10. The van der Waals surface area contributed by atoms with E-state index in [0.29, 0.717) is 23.7 Å². The van der Waals surface area contributed by atoms with Crippen molar-refractivity contribution in [3.05, 3.63) is 64.7 Å². The Kier molecular flexibility index (Phi) is 8.68. The predicted octanol–water partition coefficient (Wildman–Crippen LogP) is 3.33. The Hall–Kier alpha value is -2.41. The molecule has 0 unspecified atom stereocenters. The zero-order valence-electron chi connectivity index (χ0n) is 16.9. The standard InChI is InChI=1S/C23H27ClN2O4/c24-20-6-4-19(5-7-20)22(27)8-9-23(28)25-17-18-2-1-3-21(16-18)30-15-12-26-10-13-29-14-11-26/h1-7,16H,8-15,17H2,(H,25,28). The minimum atomic E-state index is -0.157. The van der Waals surface area contributed by atoms with E-state index in [1.54, 1.807) is 24.3 Å². The number of carbonyl (C=O) groups is 2. The van der Waals surface area contributed by atoms with E-state index >= 15 is 0 Å². The lowest BCUT2D eigenvalue weighted by atomic mass is 10.1. The first-order chi connectivity index (χ1) is 14.6. The summed E-state index contributed by atoms with van der Waals surface area (Å²) in [4.78, 5) is 26.6. The molecule has 0 aliphatic carbocycles. The summed E-state index contributed by atoms with van der Waals surface area (Å²) in [5.74, 6) is 0.557. The SMILES string of the molecule is O=C(CCC(=O)c1ccc(Cl)cc1)NCc1cccc(OCCN2CCOCC2)c1. The highest BCUT2D eigenvalue weighted by atomic mass is 35.5. The van der Waals surface area contributed by atoms with Crippen LogP contribution in [-0.2, 0) is 16.1 Å². The molecule has 1 heterocycles. The van der Waals surface area contributed by atoms with E-state index in [4.69, 9.17) is 21.1 Å². The number of nitrogens with one attached hydrogen (secondary N) is 1. The van der Waals surface area contributed by atoms with Crippen LogP contribution in [0.25, 0.3) is 0 Å². The first kappa shape index (κ1) is 22.3. The van der Waals surface area contributed by atoms with Gasteiger partial charge in [-0.25, -0.2) is 0 Å². The molecular weight excluding hydrogens is 404 g/mol. The average molecular weight is 431 g/mol. The molecule has 1 aliphatic heterocycles. The zero-order valence-corrected chi connectivity index (χ0v) is 17.7. The largest absolute Gasteiger partial charge is 0.492 e. The van der Waals surface area contributed by atoms with Gasteiger partial charge in [0.1, 0.15) is 12.4 Å². The molecule has 0 radical (unpaired) electrons. The number of amides is 1. The van der Waals surface area contributed by atoms with Crippen LogP contribution in [0.15, 0.2) is 48.5 Å². The van der Waals surface area contributed by atoms with E-state index in [1.165, 1.54) is 0 Å². The molecule has 1 fully saturated rings. The van der Waals surface area contributed by atoms with Crippen LogP contribution >= 0.6 is 11.6 Å². The zero-order chi connectivity index (χ0) is 21.2. The average Bonchev–Trinajstić information content (AvgIpc) is 2.77. The summed E-state index contributed by atoms with van der Waals surface area (Å²) < 4.78 is 11.2. The van der Waals surface area contributed by atoms with Crippen LogP contribution in [0.5, 0.6) is 5.75 Å². The molecule has 1 N–H and O–H groups in total. The van der Waals surface area contributed by atoms with Crippen molar-refractivity contribution in [2.45, 2.75) is 19.4 Å². The Labute approximate surface area is 182 Å². The van der Waals surface area contributed by atoms with Crippen molar-refractivity contribution >= 4 is 23.3 Å². The molecule has 0 aromatic heterocycles. The number of benzene rings is 2. The van der Waals surface area contributed by atoms with Crippen molar-refractivity contribution < 1.29 is 19.1 Å². The maximum absolute atomic E-state index is 12.1. The number of ketones is 1. The van der Waals surface area contributed by atoms with E-state index < -0.39 is 0 Å². The van der Waals surface area contributed by atoms with Gasteiger partial charge < -0.3 is 14.8 Å². The molecule has 30 heavy (non-hydrogen) atoms. The van der Waals surface area contributed by atoms with Gasteiger partial charge in [-0.2, -0.15) is 0 Å². The van der Waals surface area contributed by atoms with Gasteiger partial charge in [-0.15, -0.1) is 0 Å². The lowest BCUT2D eigenvalue weighted by Crippen LogP contribution is -2.38. The van der Waals surface area contributed by atoms with Crippen LogP contribution in [0.4, 0.5) is 0 Å². The Morgan fingerprint density at radius 1 is 1.07 bits per heavy atom. The molecule has 3 rings (SSSR count). The molecule has 160 valence electrons. The van der Waals surface area contributed by atoms with Gasteiger partial charge in [0, 0.05) is 49.6 Å². The summed E-state index contributed by atoms with van der Waals surface area (Å²) in [7, 11) is 0. The molecule has 1 saturated heterocycles. The van der Waals surface area contributed by atoms with Gasteiger partial charge >= 0.3 is 0 Å². The van der Waals surface area contributed by atoms with Crippen LogP contribution in [-0.4, -0.2) is 56.0 Å². The fourth-order valence-corrected chi connectivity index (χ4v) is 3.28. The van der Waals surface area contributed by atoms with Crippen molar-refractivity contribution in [3.63, 3.8) is 0 Å². The molecule has 0 saturated carbocycles. The molecule has 0 spiro atoms. The number of ether oxygens (including phenoxy) is 2. The predicted molar refractivity (Wildman–Crippen MR) is 116 cm³/mol. The molecule has 0 bridgehead atoms. The first-order valence-corrected chi connectivity index (χ1v) is 10.6. The summed E-state index contributed by atoms with van der Waals surface area (Å²) in [6.07, 6.45) is 0.315. The third-order valence-electron chi connectivity index (χ3n) is 4.91. The van der Waals surface area contributed by atoms with Crippen LogP contribution in [0.3, 0.4) is 0 Å². The summed E-state index contributed by atoms with van der Waals surface area (Å²) >= 11 is 5.83. The van der Waals surface area contributed by atoms with Crippen LogP contribution < -0.4 is 10.1 Å². The Bertz CT molecular complexity index is 835. The smallest absolute Gasteiger partial charge is 0.220 e. The normalized spacial score (nSPS) is 14.3. The van der Waals surface area contributed by atoms with E-state index in [2.05, 4.69) is 10.2 Å². The van der Waals surface area contributed by atoms with Crippen molar-refractivity contribution in [2.75, 3.05) is 39.5 Å². The first-order valence-electron chi connectivity index (χ1n) is 10.2. The quantitative estimate of drug-likeness (QED) is 0.585. The fraction of sp³-hybridized carbons (Fsp3) is 0.391. The number of Topliss-reactive ketones (excluding diaryl/α,β-unsaturated/α-hetero) is 1. The molecule has 2 aromatic carbocycles. The number of hydrogen-bond donors (Lipinski definition) is 1. The topological polar surface area (TPSA) is 67.9 Å². The second-order valence-electron chi connectivity index (χ2n) is 7.16. The number of halogens is 1. The summed E-state index contributed by atoms with van der Waals surface area (Å²) in [5.41, 5.74) is 1.52. The summed E-state index contributed by atoms with van der Waals surface area (Å²) in [5, 5.41) is 3.44. The van der Waals surface area contributed by atoms with Gasteiger partial charge in [-0.05, 0) is 42.0 Å². The highest BCUT2D eigenvalue weighted by Gasteiger charge is 2.11. The summed E-state index contributed by atoms with van der Waals surface area (Å²) in [6, 6.07) is 14.4. The second kappa shape index (κ2) is 11.7. The lowest BCUT2D eigenvalue weighted by Gasteiger charge is -2.26. The van der Waals surface area contributed by atoms with Gasteiger partial charge in [0.25, 0.3) is 0 Å². The highest BCUT2D eigenvalue weighted by molar-refractivity contribution is 6.30. The monoisotopic (exact) mass is 430 g/mol. The third kappa shape index (κ3) is 7.44. The molecule has 2 aromatic rings. The number of morpholine rings is 1. The maximum atomic E-state index is 12.1. The summed E-state index contributed by atoms with van der Waals surface area (Å²) in [6.45, 7) is 5.32. The Morgan fingerprint density at radius 2 is 1.83 bits per heavy atom. The van der Waals surface area contributed by atoms with Crippen molar-refractivity contribution in [2.24, 2.45) is 0 Å². The highest BCUT2D eigenvalue weighted by Crippen LogP contribution is 2.14. The van der Waals surface area contributed by atoms with Gasteiger partial charge in [-0.3, -0.25) is 14.5 Å². The maximum Gasteiger partial charge on any atom is 0.220 e. The minimum Gasteiger partial charge on any atom is -0.492 e. The van der Waals surface area contributed by atoms with E-state index in [1.807, 2.05) is 24.3 Å². The number of hydrogen-bond acceptors (Lipinski definition) is 5. The van der Waals surface area contributed by atoms with E-state index in [0.717, 1.165) is 44.2 Å². The minimum absolute atomic E-state index is 0.0718. The molecule has 6 nitrogen and oxygen atoms in total. The van der Waals surface area contributed by atoms with E-state index in [-0.39, 0.29) is 24.5 Å². The molecule has 1 amide bonds. The van der Waals surface area contributed by atoms with Crippen molar-refractivity contribution in [1.82, 2.24) is 10.2 Å². The van der Waals surface area contributed by atoms with Crippen molar-refractivity contribution in [3.8, 4) is 5.75 Å². The fourth-order valence-electron chi connectivity index (χ4n) is 3.16. The number of carbonyl (C=O) groups excluding carboxylic acids is 2. The number of nitrogens with zero attached hydrogens (tertiary/aromatic N) is 1. The second-order valence-corrected chi connectivity index (χ2v) is 7.59. The van der Waals surface area contributed by atoms with Crippen LogP contribution in [0, 0.1) is 0 Å². The Morgan fingerprint density at radius 3 is 2.60 bits per heavy atom. The van der Waals surface area contributed by atoms with Crippen molar-refractivity contribution in [1.29, 1.82) is 0 Å². The van der Waals surface area contributed by atoms with Crippen LogP contribution in [0.2, 0.25) is 5.02 Å². The lowest BCUT2D eigenvalue weighted by molar-refractivity contribution is -0.121. The molecule has 7 heteroatoms. The molecular formula is C23H27ClN2O4.